The largest absolute Gasteiger partial charge is 0.491 e. The molecule has 4 N–H and O–H groups in total. The number of benzene rings is 7. The molecule has 0 aliphatic carbocycles. The van der Waals surface area contributed by atoms with Gasteiger partial charge in [-0.05, 0) is 136 Å². The van der Waals surface area contributed by atoms with Crippen molar-refractivity contribution in [2.45, 2.75) is 0 Å². The summed E-state index contributed by atoms with van der Waals surface area (Å²) in [5, 5.41) is 36.7. The minimum Gasteiger partial charge on any atom is -0.491 e. The Bertz CT molecular complexity index is 2270. The first-order valence-electron chi connectivity index (χ1n) is 20.2. The molecule has 0 saturated carbocycles. The number of hydrogen-bond donors (Lipinski definition) is 4. The van der Waals surface area contributed by atoms with Crippen LogP contribution in [0.2, 0.25) is 0 Å². The van der Waals surface area contributed by atoms with E-state index in [1.807, 2.05) is 97.1 Å². The maximum absolute atomic E-state index is 9.23. The molecule has 0 fully saturated rings. The number of hydrogen-bond acceptors (Lipinski definition) is 9. The molecule has 7 aromatic rings. The van der Waals surface area contributed by atoms with Gasteiger partial charge in [0.2, 0.25) is 0 Å². The van der Waals surface area contributed by atoms with Crippen LogP contribution in [0.25, 0.3) is 33.9 Å². The third-order valence-electron chi connectivity index (χ3n) is 9.86. The predicted molar refractivity (Wildman–Crippen MR) is 242 cm³/mol. The fourth-order valence-electron chi connectivity index (χ4n) is 6.88. The molecule has 0 spiro atoms. The van der Waals surface area contributed by atoms with Gasteiger partial charge in [-0.3, -0.25) is 0 Å². The van der Waals surface area contributed by atoms with E-state index in [0.29, 0.717) is 23.0 Å². The van der Waals surface area contributed by atoms with Crippen molar-refractivity contribution in [1.82, 2.24) is 0 Å². The van der Waals surface area contributed by atoms with E-state index in [2.05, 4.69) is 83.8 Å². The van der Waals surface area contributed by atoms with Crippen LogP contribution in [0.3, 0.4) is 0 Å². The highest BCUT2D eigenvalue weighted by Crippen LogP contribution is 2.38. The normalized spacial score (nSPS) is 10.8. The van der Waals surface area contributed by atoms with Gasteiger partial charge in [-0.2, -0.15) is 0 Å². The Labute approximate surface area is 356 Å². The summed E-state index contributed by atoms with van der Waals surface area (Å²) in [6.45, 7) is 0.768. The lowest BCUT2D eigenvalue weighted by Crippen LogP contribution is -2.09. The minimum atomic E-state index is -0.0582. The number of rotatable bonds is 20. The van der Waals surface area contributed by atoms with Gasteiger partial charge in [0.05, 0.1) is 26.4 Å². The van der Waals surface area contributed by atoms with Crippen molar-refractivity contribution in [3.63, 3.8) is 0 Å². The lowest BCUT2D eigenvalue weighted by atomic mass is 9.95. The zero-order valence-corrected chi connectivity index (χ0v) is 33.8. The van der Waals surface area contributed by atoms with Gasteiger partial charge in [-0.15, -0.1) is 0 Å². The Hall–Kier alpha value is -6.88. The molecule has 0 bridgehead atoms. The number of anilines is 3. The van der Waals surface area contributed by atoms with Crippen molar-refractivity contribution in [2.75, 3.05) is 57.8 Å². The highest BCUT2D eigenvalue weighted by Gasteiger charge is 2.15. The maximum Gasteiger partial charge on any atom is 0.119 e. The Balaban J connectivity index is 1.21. The Morgan fingerprint density at radius 3 is 0.902 bits per heavy atom. The first kappa shape index (κ1) is 42.3. The SMILES string of the molecule is OCCOc1ccc(C(=Cc2ccc(N(c3ccc(-c4ccc(OCCO)cc4)cc3)c3ccc(-c4ccc(OCCO)cc4)cc3)cc2)c2ccc(OCCO)cc2)cc1. The molecule has 7 aromatic carbocycles. The van der Waals surface area contributed by atoms with Gasteiger partial charge in [-0.25, -0.2) is 0 Å². The minimum absolute atomic E-state index is 0.0344. The van der Waals surface area contributed by atoms with Crippen molar-refractivity contribution in [3.8, 4) is 45.3 Å². The molecule has 0 aliphatic heterocycles. The first-order valence-corrected chi connectivity index (χ1v) is 20.2. The van der Waals surface area contributed by atoms with Gasteiger partial charge in [0.25, 0.3) is 0 Å². The Kier molecular flexibility index (Phi) is 14.8. The van der Waals surface area contributed by atoms with E-state index in [1.54, 1.807) is 0 Å². The maximum atomic E-state index is 9.23. The molecular weight excluding hydrogens is 767 g/mol. The number of ether oxygens (including phenoxy) is 4. The zero-order chi connectivity index (χ0) is 42.2. The van der Waals surface area contributed by atoms with Crippen LogP contribution in [0, 0.1) is 0 Å². The van der Waals surface area contributed by atoms with Crippen LogP contribution >= 0.6 is 0 Å². The second kappa shape index (κ2) is 21.4. The van der Waals surface area contributed by atoms with Crippen LogP contribution < -0.4 is 23.8 Å². The lowest BCUT2D eigenvalue weighted by Gasteiger charge is -2.26. The van der Waals surface area contributed by atoms with Crippen molar-refractivity contribution >= 4 is 28.7 Å². The van der Waals surface area contributed by atoms with Gasteiger partial charge in [0.15, 0.2) is 0 Å². The van der Waals surface area contributed by atoms with E-state index in [0.717, 1.165) is 61.6 Å². The van der Waals surface area contributed by atoms with E-state index in [4.69, 9.17) is 29.2 Å². The zero-order valence-electron chi connectivity index (χ0n) is 33.8. The Morgan fingerprint density at radius 1 is 0.344 bits per heavy atom. The summed E-state index contributed by atoms with van der Waals surface area (Å²) in [7, 11) is 0. The molecule has 9 nitrogen and oxygen atoms in total. The summed E-state index contributed by atoms with van der Waals surface area (Å²) in [4.78, 5) is 2.23. The van der Waals surface area contributed by atoms with E-state index in [9.17, 15) is 10.2 Å². The first-order chi connectivity index (χ1) is 30.0. The molecule has 0 saturated heterocycles. The third kappa shape index (κ3) is 11.2. The molecule has 0 aromatic heterocycles. The standard InChI is InChI=1S/C52H49NO8/c54-29-33-58-48-21-7-41(8-22-48)39-3-17-46(18-4-39)53(47-19-5-40(6-20-47)42-9-23-49(24-10-42)59-34-30-55)45-15-1-38(2-16-45)37-52(43-11-25-50(26-12-43)60-35-31-56)44-13-27-51(28-14-44)61-36-32-57/h1-28,37,54-57H,29-36H2. The van der Waals surface area contributed by atoms with Gasteiger partial charge in [0, 0.05) is 17.1 Å². The predicted octanol–water partition coefficient (Wildman–Crippen LogP) is 9.56. The summed E-state index contributed by atoms with van der Waals surface area (Å²) in [5.74, 6) is 2.78. The molecule has 0 unspecified atom stereocenters. The molecule has 310 valence electrons. The van der Waals surface area contributed by atoms with Gasteiger partial charge in [-0.1, -0.05) is 84.9 Å². The molecular formula is C52H49NO8. The second-order valence-corrected chi connectivity index (χ2v) is 14.0. The Morgan fingerprint density at radius 2 is 0.607 bits per heavy atom. The summed E-state index contributed by atoms with van der Waals surface area (Å²) >= 11 is 0. The van der Waals surface area contributed by atoms with E-state index >= 15 is 0 Å². The van der Waals surface area contributed by atoms with Crippen molar-refractivity contribution in [2.24, 2.45) is 0 Å². The number of aliphatic hydroxyl groups is 4. The molecule has 9 heteroatoms. The van der Waals surface area contributed by atoms with Gasteiger partial charge in [0.1, 0.15) is 49.4 Å². The quantitative estimate of drug-likeness (QED) is 0.0558. The summed E-state index contributed by atoms with van der Waals surface area (Å²) in [5.41, 5.74) is 11.2. The van der Waals surface area contributed by atoms with Crippen LogP contribution in [0.4, 0.5) is 17.1 Å². The van der Waals surface area contributed by atoms with Gasteiger partial charge < -0.3 is 44.3 Å². The molecule has 0 atom stereocenters. The van der Waals surface area contributed by atoms with Crippen LogP contribution in [0.1, 0.15) is 16.7 Å². The molecule has 0 radical (unpaired) electrons. The summed E-state index contributed by atoms with van der Waals surface area (Å²) in [6.07, 6.45) is 2.16. The van der Waals surface area contributed by atoms with E-state index in [-0.39, 0.29) is 52.9 Å². The summed E-state index contributed by atoms with van der Waals surface area (Å²) in [6, 6.07) is 56.8. The van der Waals surface area contributed by atoms with Crippen LogP contribution in [0.5, 0.6) is 23.0 Å². The molecule has 0 aliphatic rings. The summed E-state index contributed by atoms with van der Waals surface area (Å²) < 4.78 is 22.4. The smallest absolute Gasteiger partial charge is 0.119 e. The molecule has 7 rings (SSSR count). The highest BCUT2D eigenvalue weighted by atomic mass is 16.5. The van der Waals surface area contributed by atoms with Crippen LogP contribution in [-0.2, 0) is 0 Å². The second-order valence-electron chi connectivity index (χ2n) is 14.0. The number of aliphatic hydroxyl groups excluding tert-OH is 4. The van der Waals surface area contributed by atoms with Crippen LogP contribution in [0.15, 0.2) is 170 Å². The molecule has 0 amide bonds. The average Bonchev–Trinajstić information content (AvgIpc) is 3.32. The molecule has 61 heavy (non-hydrogen) atoms. The number of nitrogens with zero attached hydrogens (tertiary/aromatic N) is 1. The van der Waals surface area contributed by atoms with Gasteiger partial charge >= 0.3 is 0 Å². The fraction of sp³-hybridized carbons (Fsp3) is 0.154. The molecule has 0 heterocycles. The van der Waals surface area contributed by atoms with E-state index < -0.39 is 0 Å². The van der Waals surface area contributed by atoms with Crippen LogP contribution in [-0.4, -0.2) is 73.3 Å². The van der Waals surface area contributed by atoms with Crippen molar-refractivity contribution in [3.05, 3.63) is 187 Å². The topological polar surface area (TPSA) is 121 Å². The highest BCUT2D eigenvalue weighted by molar-refractivity contribution is 5.92. The fourth-order valence-corrected chi connectivity index (χ4v) is 6.88. The van der Waals surface area contributed by atoms with Crippen molar-refractivity contribution < 1.29 is 39.4 Å². The average molecular weight is 816 g/mol. The third-order valence-corrected chi connectivity index (χ3v) is 9.86. The van der Waals surface area contributed by atoms with E-state index in [1.165, 1.54) is 0 Å². The lowest BCUT2D eigenvalue weighted by molar-refractivity contribution is 0.201. The van der Waals surface area contributed by atoms with Crippen molar-refractivity contribution in [1.29, 1.82) is 0 Å². The monoisotopic (exact) mass is 815 g/mol.